The van der Waals surface area contributed by atoms with Crippen LogP contribution in [0.4, 0.5) is 14.5 Å². The number of carbonyl (C=O) groups is 1. The lowest BCUT2D eigenvalue weighted by molar-refractivity contribution is 0.101. The highest BCUT2D eigenvalue weighted by Gasteiger charge is 2.30. The van der Waals surface area contributed by atoms with Gasteiger partial charge in [0.2, 0.25) is 0 Å². The summed E-state index contributed by atoms with van der Waals surface area (Å²) in [6.45, 7) is 4.64. The van der Waals surface area contributed by atoms with Crippen LogP contribution in [0.25, 0.3) is 11.4 Å². The average molecular weight is 470 g/mol. The van der Waals surface area contributed by atoms with Crippen molar-refractivity contribution in [3.63, 3.8) is 0 Å². The van der Waals surface area contributed by atoms with E-state index in [1.165, 1.54) is 19.1 Å². The van der Waals surface area contributed by atoms with Gasteiger partial charge in [-0.1, -0.05) is 12.1 Å². The van der Waals surface area contributed by atoms with Crippen molar-refractivity contribution >= 4 is 23.7 Å². The Balaban J connectivity index is 1.32. The van der Waals surface area contributed by atoms with Crippen molar-refractivity contribution in [3.8, 4) is 11.4 Å². The topological polar surface area (TPSA) is 46.3 Å². The Bertz CT molecular complexity index is 1260. The van der Waals surface area contributed by atoms with Gasteiger partial charge in [-0.25, -0.2) is 13.5 Å². The second-order valence-corrected chi connectivity index (χ2v) is 9.02. The molecule has 5 rings (SSSR count). The van der Waals surface area contributed by atoms with Crippen molar-refractivity contribution in [2.75, 3.05) is 31.1 Å². The molecule has 0 unspecified atom stereocenters. The third-order valence-corrected chi connectivity index (χ3v) is 6.71. The summed E-state index contributed by atoms with van der Waals surface area (Å²) in [6, 6.07) is 11.6. The number of aromatic nitrogens is 3. The summed E-state index contributed by atoms with van der Waals surface area (Å²) in [4.78, 5) is 15.7. The van der Waals surface area contributed by atoms with Crippen molar-refractivity contribution in [3.05, 3.63) is 64.4 Å². The van der Waals surface area contributed by atoms with Crippen LogP contribution in [-0.4, -0.2) is 51.2 Å². The number of piperazine rings is 1. The van der Waals surface area contributed by atoms with Gasteiger partial charge in [-0.05, 0) is 62.3 Å². The molecule has 1 saturated heterocycles. The summed E-state index contributed by atoms with van der Waals surface area (Å²) in [5.41, 5.74) is 1.35. The Morgan fingerprint density at radius 2 is 1.79 bits per heavy atom. The van der Waals surface area contributed by atoms with E-state index in [4.69, 9.17) is 17.3 Å². The van der Waals surface area contributed by atoms with E-state index in [-0.39, 0.29) is 23.5 Å². The number of anilines is 1. The number of Topliss-reactive ketones (excluding diaryl/α,β-unsaturated/α-hetero) is 1. The molecule has 9 heteroatoms. The van der Waals surface area contributed by atoms with Crippen molar-refractivity contribution < 1.29 is 13.6 Å². The zero-order valence-electron chi connectivity index (χ0n) is 18.4. The molecule has 2 fully saturated rings. The number of carbonyl (C=O) groups excluding carboxylic acids is 1. The number of rotatable bonds is 6. The van der Waals surface area contributed by atoms with Crippen LogP contribution in [0.15, 0.2) is 42.5 Å². The van der Waals surface area contributed by atoms with Crippen LogP contribution in [0.1, 0.15) is 36.2 Å². The zero-order chi connectivity index (χ0) is 23.1. The fourth-order valence-electron chi connectivity index (χ4n) is 4.30. The number of benzene rings is 2. The molecule has 2 heterocycles. The molecule has 33 heavy (non-hydrogen) atoms. The summed E-state index contributed by atoms with van der Waals surface area (Å²) < 4.78 is 33.4. The number of halogens is 2. The van der Waals surface area contributed by atoms with Crippen molar-refractivity contribution in [1.82, 2.24) is 19.2 Å². The van der Waals surface area contributed by atoms with E-state index < -0.39 is 0 Å². The molecule has 1 aromatic heterocycles. The van der Waals surface area contributed by atoms with Crippen molar-refractivity contribution in [2.45, 2.75) is 32.5 Å². The quantitative estimate of drug-likeness (QED) is 0.388. The Hall–Kier alpha value is -2.91. The van der Waals surface area contributed by atoms with E-state index in [2.05, 4.69) is 4.90 Å². The van der Waals surface area contributed by atoms with Crippen LogP contribution in [0, 0.1) is 16.4 Å². The molecule has 172 valence electrons. The van der Waals surface area contributed by atoms with Gasteiger partial charge >= 0.3 is 0 Å². The van der Waals surface area contributed by atoms with Crippen LogP contribution in [0.5, 0.6) is 0 Å². The second kappa shape index (κ2) is 8.79. The Morgan fingerprint density at radius 1 is 1.06 bits per heavy atom. The SMILES string of the molecule is CC(=O)c1ccc(N2CCN(Cn3nc(-c4ccccc4F)n(C4CC4)c3=S)CC2)c(F)c1. The highest BCUT2D eigenvalue weighted by Crippen LogP contribution is 2.39. The van der Waals surface area contributed by atoms with Gasteiger partial charge in [-0.15, -0.1) is 0 Å². The van der Waals surface area contributed by atoms with Gasteiger partial charge in [0.1, 0.15) is 11.6 Å². The first kappa shape index (κ1) is 21.9. The summed E-state index contributed by atoms with van der Waals surface area (Å²) in [6.07, 6.45) is 2.04. The summed E-state index contributed by atoms with van der Waals surface area (Å²) in [7, 11) is 0. The Labute approximate surface area is 196 Å². The van der Waals surface area contributed by atoms with Crippen molar-refractivity contribution in [1.29, 1.82) is 0 Å². The lowest BCUT2D eigenvalue weighted by atomic mass is 10.1. The van der Waals surface area contributed by atoms with Gasteiger partial charge in [-0.2, -0.15) is 5.10 Å². The summed E-state index contributed by atoms with van der Waals surface area (Å²) >= 11 is 5.72. The minimum absolute atomic E-state index is 0.151. The largest absolute Gasteiger partial charge is 0.367 e. The molecule has 1 aliphatic heterocycles. The van der Waals surface area contributed by atoms with Crippen LogP contribution in [0.2, 0.25) is 0 Å². The standard InChI is InChI=1S/C24H25F2N5OS/c1-16(32)17-6-9-22(21(26)14-17)29-12-10-28(11-13-29)15-30-24(33)31(18-7-8-18)23(27-30)19-4-2-3-5-20(19)25/h2-6,9,14,18H,7-8,10-13,15H2,1H3. The minimum Gasteiger partial charge on any atom is -0.367 e. The lowest BCUT2D eigenvalue weighted by Gasteiger charge is -2.36. The molecule has 0 N–H and O–H groups in total. The van der Waals surface area contributed by atoms with E-state index in [0.717, 1.165) is 12.8 Å². The van der Waals surface area contributed by atoms with Crippen LogP contribution in [-0.2, 0) is 6.67 Å². The summed E-state index contributed by atoms with van der Waals surface area (Å²) in [5, 5.41) is 4.70. The van der Waals surface area contributed by atoms with Gasteiger partial charge in [0.25, 0.3) is 0 Å². The van der Waals surface area contributed by atoms with Gasteiger partial charge in [0.15, 0.2) is 16.4 Å². The zero-order valence-corrected chi connectivity index (χ0v) is 19.2. The molecule has 0 radical (unpaired) electrons. The molecule has 0 amide bonds. The van der Waals surface area contributed by atoms with Crippen LogP contribution < -0.4 is 4.90 Å². The minimum atomic E-state index is -0.379. The number of hydrogen-bond donors (Lipinski definition) is 0. The number of nitrogens with zero attached hydrogens (tertiary/aromatic N) is 5. The molecule has 6 nitrogen and oxygen atoms in total. The predicted molar refractivity (Wildman–Crippen MR) is 125 cm³/mol. The molecule has 0 atom stereocenters. The molecule has 1 saturated carbocycles. The molecule has 1 aliphatic carbocycles. The third-order valence-electron chi connectivity index (χ3n) is 6.30. The maximum Gasteiger partial charge on any atom is 0.199 e. The van der Waals surface area contributed by atoms with Gasteiger partial charge in [-0.3, -0.25) is 14.3 Å². The predicted octanol–water partition coefficient (Wildman–Crippen LogP) is 4.68. The lowest BCUT2D eigenvalue weighted by Crippen LogP contribution is -2.47. The normalized spacial score (nSPS) is 16.9. The first-order chi connectivity index (χ1) is 15.9. The van der Waals surface area contributed by atoms with Gasteiger partial charge in [0, 0.05) is 37.8 Å². The summed E-state index contributed by atoms with van der Waals surface area (Å²) in [5.74, 6) is -0.261. The molecule has 0 spiro atoms. The Morgan fingerprint density at radius 3 is 2.42 bits per heavy atom. The molecule has 2 aromatic carbocycles. The number of hydrogen-bond acceptors (Lipinski definition) is 5. The van der Waals surface area contributed by atoms with Crippen LogP contribution >= 0.6 is 12.2 Å². The molecular weight excluding hydrogens is 444 g/mol. The monoisotopic (exact) mass is 469 g/mol. The maximum atomic E-state index is 14.5. The highest BCUT2D eigenvalue weighted by molar-refractivity contribution is 7.71. The molecule has 0 bridgehead atoms. The fraction of sp³-hybridized carbons (Fsp3) is 0.375. The van der Waals surface area contributed by atoms with E-state index in [1.54, 1.807) is 35.0 Å². The first-order valence-electron chi connectivity index (χ1n) is 11.1. The highest BCUT2D eigenvalue weighted by atomic mass is 32.1. The van der Waals surface area contributed by atoms with Crippen LogP contribution in [0.3, 0.4) is 0 Å². The van der Waals surface area contributed by atoms with Gasteiger partial charge in [0.05, 0.1) is 17.9 Å². The third kappa shape index (κ3) is 4.35. The smallest absolute Gasteiger partial charge is 0.199 e. The van der Waals surface area contributed by atoms with Crippen molar-refractivity contribution in [2.24, 2.45) is 0 Å². The number of ketones is 1. The van der Waals surface area contributed by atoms with E-state index >= 15 is 0 Å². The Kier molecular flexibility index (Phi) is 5.84. The molecule has 2 aliphatic rings. The van der Waals surface area contributed by atoms with E-state index in [1.807, 2.05) is 9.47 Å². The fourth-order valence-corrected chi connectivity index (χ4v) is 4.64. The second-order valence-electron chi connectivity index (χ2n) is 8.66. The maximum absolute atomic E-state index is 14.5. The average Bonchev–Trinajstić information content (AvgIpc) is 3.59. The molecule has 3 aromatic rings. The van der Waals surface area contributed by atoms with Gasteiger partial charge < -0.3 is 4.90 Å². The first-order valence-corrected chi connectivity index (χ1v) is 11.5. The molecular formula is C24H25F2N5OS. The van der Waals surface area contributed by atoms with E-state index in [0.29, 0.717) is 60.3 Å². The van der Waals surface area contributed by atoms with E-state index in [9.17, 15) is 13.6 Å².